The van der Waals surface area contributed by atoms with Crippen LogP contribution in [0.15, 0.2) is 10.6 Å². The number of pyridine rings is 1. The predicted molar refractivity (Wildman–Crippen MR) is 87.4 cm³/mol. The first-order chi connectivity index (χ1) is 12.3. The Morgan fingerprint density at radius 2 is 2.12 bits per heavy atom. The van der Waals surface area contributed by atoms with Gasteiger partial charge < -0.3 is 9.42 Å². The minimum absolute atomic E-state index is 0.0758. The van der Waals surface area contributed by atoms with Gasteiger partial charge in [0.25, 0.3) is 5.71 Å². The molecule has 2 aliphatic rings. The molecule has 3 heterocycles. The Labute approximate surface area is 148 Å². The molecule has 0 unspecified atom stereocenters. The maximum absolute atomic E-state index is 13.5. The van der Waals surface area contributed by atoms with Gasteiger partial charge in [-0.3, -0.25) is 4.79 Å². The highest BCUT2D eigenvalue weighted by atomic mass is 19.4. The molecule has 2 fully saturated rings. The van der Waals surface area contributed by atoms with E-state index in [9.17, 15) is 18.0 Å². The molecule has 26 heavy (non-hydrogen) atoms. The van der Waals surface area contributed by atoms with Crippen molar-refractivity contribution in [2.24, 2.45) is 11.8 Å². The van der Waals surface area contributed by atoms with Gasteiger partial charge >= 0.3 is 6.18 Å². The maximum atomic E-state index is 13.5. The van der Waals surface area contributed by atoms with E-state index in [1.165, 1.54) is 6.92 Å². The van der Waals surface area contributed by atoms with Crippen molar-refractivity contribution in [3.05, 3.63) is 23.0 Å². The lowest BCUT2D eigenvalue weighted by Crippen LogP contribution is -2.40. The smallest absolute Gasteiger partial charge is 0.342 e. The molecule has 1 aliphatic carbocycles. The van der Waals surface area contributed by atoms with Gasteiger partial charge in [-0.15, -0.1) is 0 Å². The molecule has 1 saturated carbocycles. The van der Waals surface area contributed by atoms with Crippen LogP contribution in [-0.2, 0) is 11.0 Å². The summed E-state index contributed by atoms with van der Waals surface area (Å²) in [6, 6.07) is 1.10. The molecule has 1 aliphatic heterocycles. The van der Waals surface area contributed by atoms with Crippen molar-refractivity contribution in [3.63, 3.8) is 0 Å². The number of carbonyl (C=O) groups is 1. The van der Waals surface area contributed by atoms with Crippen LogP contribution in [0.2, 0.25) is 0 Å². The number of alkyl halides is 3. The van der Waals surface area contributed by atoms with Crippen molar-refractivity contribution < 1.29 is 22.5 Å². The van der Waals surface area contributed by atoms with Crippen LogP contribution >= 0.6 is 0 Å². The van der Waals surface area contributed by atoms with Gasteiger partial charge in [0.2, 0.25) is 5.91 Å². The standard InChI is InChI=1S/C18H20F3N3O2/c1-9-6-12(9)17(25)24-5-3-4-11(8-24)14-7-13(18(19,20)21)15-10(2)23-26-16(15)22-14/h7,9,11-12H,3-6,8H2,1-2H3/t9-,11-,12-/m0/s1. The molecule has 5 nitrogen and oxygen atoms in total. The summed E-state index contributed by atoms with van der Waals surface area (Å²) in [6.07, 6.45) is -2.15. The number of rotatable bonds is 2. The van der Waals surface area contributed by atoms with E-state index in [4.69, 9.17) is 4.52 Å². The van der Waals surface area contributed by atoms with Crippen molar-refractivity contribution in [2.75, 3.05) is 13.1 Å². The average molecular weight is 367 g/mol. The Balaban J connectivity index is 1.66. The monoisotopic (exact) mass is 367 g/mol. The highest BCUT2D eigenvalue weighted by Gasteiger charge is 2.43. The van der Waals surface area contributed by atoms with E-state index >= 15 is 0 Å². The second kappa shape index (κ2) is 5.96. The molecule has 2 aromatic heterocycles. The number of fused-ring (bicyclic) bond motifs is 1. The van der Waals surface area contributed by atoms with E-state index in [1.807, 2.05) is 6.92 Å². The molecule has 3 atom stereocenters. The molecule has 140 valence electrons. The van der Waals surface area contributed by atoms with Crippen molar-refractivity contribution in [3.8, 4) is 0 Å². The zero-order valence-corrected chi connectivity index (χ0v) is 14.6. The number of piperidine rings is 1. The third kappa shape index (κ3) is 2.95. The number of aromatic nitrogens is 2. The summed E-state index contributed by atoms with van der Waals surface area (Å²) in [5.41, 5.74) is -0.362. The van der Waals surface area contributed by atoms with E-state index in [-0.39, 0.29) is 34.5 Å². The van der Waals surface area contributed by atoms with Crippen LogP contribution < -0.4 is 0 Å². The predicted octanol–water partition coefficient (Wildman–Crippen LogP) is 3.91. The average Bonchev–Trinajstić information content (AvgIpc) is 3.22. The number of halogens is 3. The van der Waals surface area contributed by atoms with E-state index in [2.05, 4.69) is 10.1 Å². The second-order valence-corrected chi connectivity index (χ2v) is 7.48. The van der Waals surface area contributed by atoms with Gasteiger partial charge in [0.1, 0.15) is 0 Å². The summed E-state index contributed by atoms with van der Waals surface area (Å²) >= 11 is 0. The first-order valence-corrected chi connectivity index (χ1v) is 8.88. The van der Waals surface area contributed by atoms with Gasteiger partial charge in [0.15, 0.2) is 0 Å². The molecule has 1 saturated heterocycles. The molecule has 4 rings (SSSR count). The minimum Gasteiger partial charge on any atom is -0.342 e. The second-order valence-electron chi connectivity index (χ2n) is 7.48. The number of aryl methyl sites for hydroxylation is 1. The molecule has 0 bridgehead atoms. The normalized spacial score (nSPS) is 26.3. The summed E-state index contributed by atoms with van der Waals surface area (Å²) in [5, 5.41) is 3.55. The van der Waals surface area contributed by atoms with Crippen LogP contribution in [0.25, 0.3) is 11.1 Å². The lowest BCUT2D eigenvalue weighted by Gasteiger charge is -2.33. The largest absolute Gasteiger partial charge is 0.417 e. The summed E-state index contributed by atoms with van der Waals surface area (Å²) in [4.78, 5) is 18.6. The highest BCUT2D eigenvalue weighted by molar-refractivity contribution is 5.82. The van der Waals surface area contributed by atoms with Crippen LogP contribution in [0.3, 0.4) is 0 Å². The lowest BCUT2D eigenvalue weighted by atomic mass is 9.92. The van der Waals surface area contributed by atoms with E-state index in [0.717, 1.165) is 18.9 Å². The molecular formula is C18H20F3N3O2. The third-order valence-corrected chi connectivity index (χ3v) is 5.52. The summed E-state index contributed by atoms with van der Waals surface area (Å²) in [7, 11) is 0. The van der Waals surface area contributed by atoms with E-state index in [1.54, 1.807) is 4.90 Å². The fourth-order valence-corrected chi connectivity index (χ4v) is 3.87. The Kier molecular flexibility index (Phi) is 3.96. The van der Waals surface area contributed by atoms with Crippen LogP contribution in [0.5, 0.6) is 0 Å². The summed E-state index contributed by atoms with van der Waals surface area (Å²) < 4.78 is 45.6. The third-order valence-electron chi connectivity index (χ3n) is 5.52. The topological polar surface area (TPSA) is 59.2 Å². The number of hydrogen-bond acceptors (Lipinski definition) is 4. The number of carbonyl (C=O) groups excluding carboxylic acids is 1. The van der Waals surface area contributed by atoms with Gasteiger partial charge in [0, 0.05) is 24.9 Å². The van der Waals surface area contributed by atoms with E-state index in [0.29, 0.717) is 31.1 Å². The highest BCUT2D eigenvalue weighted by Crippen LogP contribution is 2.41. The molecule has 1 amide bonds. The van der Waals surface area contributed by atoms with Gasteiger partial charge in [-0.2, -0.15) is 13.2 Å². The Morgan fingerprint density at radius 3 is 2.77 bits per heavy atom. The zero-order valence-electron chi connectivity index (χ0n) is 14.6. The van der Waals surface area contributed by atoms with Gasteiger partial charge in [-0.25, -0.2) is 4.98 Å². The molecule has 0 spiro atoms. The van der Waals surface area contributed by atoms with Gasteiger partial charge in [0.05, 0.1) is 22.3 Å². The lowest BCUT2D eigenvalue weighted by molar-refractivity contribution is -0.137. The molecular weight excluding hydrogens is 347 g/mol. The Morgan fingerprint density at radius 1 is 1.38 bits per heavy atom. The summed E-state index contributed by atoms with van der Waals surface area (Å²) in [6.45, 7) is 4.58. The van der Waals surface area contributed by atoms with Gasteiger partial charge in [-0.05, 0) is 38.2 Å². The molecule has 8 heteroatoms. The zero-order chi connectivity index (χ0) is 18.6. The summed E-state index contributed by atoms with van der Waals surface area (Å²) in [5.74, 6) is 0.380. The maximum Gasteiger partial charge on any atom is 0.417 e. The molecule has 0 aromatic carbocycles. The Hall–Kier alpha value is -2.12. The van der Waals surface area contributed by atoms with Crippen LogP contribution in [-0.4, -0.2) is 34.0 Å². The number of amides is 1. The molecule has 0 N–H and O–H groups in total. The van der Waals surface area contributed by atoms with Crippen molar-refractivity contribution >= 4 is 17.0 Å². The van der Waals surface area contributed by atoms with Gasteiger partial charge in [-0.1, -0.05) is 12.1 Å². The fourth-order valence-electron chi connectivity index (χ4n) is 3.87. The van der Waals surface area contributed by atoms with E-state index < -0.39 is 11.7 Å². The SMILES string of the molecule is Cc1noc2nc([C@H]3CCCN(C(=O)[C@H]4C[C@@H]4C)C3)cc(C(F)(F)F)c12. The first-order valence-electron chi connectivity index (χ1n) is 8.88. The number of likely N-dealkylation sites (tertiary alicyclic amines) is 1. The van der Waals surface area contributed by atoms with Crippen LogP contribution in [0.4, 0.5) is 13.2 Å². The molecule has 2 aromatic rings. The fraction of sp³-hybridized carbons (Fsp3) is 0.611. The van der Waals surface area contributed by atoms with Crippen LogP contribution in [0.1, 0.15) is 49.1 Å². The quantitative estimate of drug-likeness (QED) is 0.807. The number of hydrogen-bond donors (Lipinski definition) is 0. The van der Waals surface area contributed by atoms with Crippen molar-refractivity contribution in [2.45, 2.75) is 45.2 Å². The number of nitrogens with zero attached hydrogens (tertiary/aromatic N) is 3. The Bertz CT molecular complexity index is 861. The first kappa shape index (κ1) is 17.3. The van der Waals surface area contributed by atoms with Crippen molar-refractivity contribution in [1.29, 1.82) is 0 Å². The van der Waals surface area contributed by atoms with Crippen molar-refractivity contribution in [1.82, 2.24) is 15.0 Å². The molecule has 0 radical (unpaired) electrons. The van der Waals surface area contributed by atoms with Crippen LogP contribution in [0, 0.1) is 18.8 Å². The minimum atomic E-state index is -4.51.